The van der Waals surface area contributed by atoms with E-state index in [0.717, 1.165) is 5.56 Å². The Hall–Kier alpha value is -2.21. The Morgan fingerprint density at radius 1 is 1.53 bits per heavy atom. The molecule has 1 unspecified atom stereocenters. The monoisotopic (exact) mass is 260 g/mol. The van der Waals surface area contributed by atoms with E-state index in [4.69, 9.17) is 10.2 Å². The summed E-state index contributed by atoms with van der Waals surface area (Å²) in [5.41, 5.74) is 6.91. The molecule has 19 heavy (non-hydrogen) atoms. The lowest BCUT2D eigenvalue weighted by atomic mass is 10.1. The van der Waals surface area contributed by atoms with Crippen molar-refractivity contribution in [1.82, 2.24) is 10.2 Å². The summed E-state index contributed by atoms with van der Waals surface area (Å²) in [4.78, 5) is 11.9. The molecule has 2 aromatic rings. The average molecular weight is 260 g/mol. The van der Waals surface area contributed by atoms with Crippen molar-refractivity contribution in [3.8, 4) is 11.5 Å². The minimum atomic E-state index is -0.114. The highest BCUT2D eigenvalue weighted by Gasteiger charge is 2.12. The molecule has 0 saturated heterocycles. The quantitative estimate of drug-likeness (QED) is 0.852. The van der Waals surface area contributed by atoms with Gasteiger partial charge in [-0.1, -0.05) is 13.0 Å². The Morgan fingerprint density at radius 3 is 3.05 bits per heavy atom. The van der Waals surface area contributed by atoms with E-state index < -0.39 is 0 Å². The zero-order chi connectivity index (χ0) is 13.7. The molecule has 1 aromatic carbocycles. The first kappa shape index (κ1) is 13.2. The van der Waals surface area contributed by atoms with Crippen LogP contribution in [0, 0.1) is 5.92 Å². The van der Waals surface area contributed by atoms with Crippen molar-refractivity contribution in [1.29, 1.82) is 0 Å². The van der Waals surface area contributed by atoms with Crippen molar-refractivity contribution < 1.29 is 9.21 Å². The van der Waals surface area contributed by atoms with Crippen molar-refractivity contribution in [3.63, 3.8) is 0 Å². The molecular formula is C13H16N4O2. The van der Waals surface area contributed by atoms with Crippen LogP contribution in [0.25, 0.3) is 11.5 Å². The smallest absolute Gasteiger partial charge is 0.247 e. The lowest BCUT2D eigenvalue weighted by Crippen LogP contribution is -2.22. The number of rotatable bonds is 5. The Bertz CT molecular complexity index is 539. The largest absolute Gasteiger partial charge is 0.423 e. The van der Waals surface area contributed by atoms with Crippen molar-refractivity contribution in [2.24, 2.45) is 11.7 Å². The van der Waals surface area contributed by atoms with E-state index in [9.17, 15) is 4.79 Å². The lowest BCUT2D eigenvalue weighted by Gasteiger charge is -2.11. The number of carbonyl (C=O) groups is 1. The van der Waals surface area contributed by atoms with E-state index in [-0.39, 0.29) is 11.8 Å². The number of nitrogens with zero attached hydrogens (tertiary/aromatic N) is 2. The minimum Gasteiger partial charge on any atom is -0.423 e. The fraction of sp³-hybridized carbons (Fsp3) is 0.308. The number of anilines is 1. The predicted octanol–water partition coefficient (Wildman–Crippen LogP) is 1.66. The Balaban J connectivity index is 2.09. The molecule has 0 radical (unpaired) electrons. The van der Waals surface area contributed by atoms with Crippen LogP contribution >= 0.6 is 0 Å². The van der Waals surface area contributed by atoms with E-state index in [1.807, 2.05) is 25.1 Å². The van der Waals surface area contributed by atoms with Crippen LogP contribution in [0.5, 0.6) is 0 Å². The van der Waals surface area contributed by atoms with Crippen LogP contribution in [0.1, 0.15) is 13.3 Å². The van der Waals surface area contributed by atoms with Crippen LogP contribution < -0.4 is 11.1 Å². The molecule has 0 aliphatic carbocycles. The van der Waals surface area contributed by atoms with Gasteiger partial charge in [-0.2, -0.15) is 0 Å². The number of aromatic nitrogens is 2. The molecule has 2 rings (SSSR count). The van der Waals surface area contributed by atoms with Crippen molar-refractivity contribution in [2.75, 3.05) is 11.9 Å². The summed E-state index contributed by atoms with van der Waals surface area (Å²) < 4.78 is 5.11. The van der Waals surface area contributed by atoms with Gasteiger partial charge in [-0.3, -0.25) is 4.79 Å². The molecule has 6 nitrogen and oxygen atoms in total. The van der Waals surface area contributed by atoms with E-state index in [2.05, 4.69) is 15.5 Å². The third-order valence-electron chi connectivity index (χ3n) is 2.78. The maximum atomic E-state index is 11.9. The lowest BCUT2D eigenvalue weighted by molar-refractivity contribution is -0.119. The summed E-state index contributed by atoms with van der Waals surface area (Å²) in [6, 6.07) is 7.27. The molecule has 6 heteroatoms. The summed E-state index contributed by atoms with van der Waals surface area (Å²) in [6.07, 6.45) is 1.93. The van der Waals surface area contributed by atoms with Crippen LogP contribution in [0.4, 0.5) is 5.69 Å². The van der Waals surface area contributed by atoms with Gasteiger partial charge >= 0.3 is 0 Å². The first-order chi connectivity index (χ1) is 9.20. The average Bonchev–Trinajstić information content (AvgIpc) is 2.93. The van der Waals surface area contributed by atoms with Gasteiger partial charge in [-0.25, -0.2) is 0 Å². The van der Waals surface area contributed by atoms with Gasteiger partial charge in [0.15, 0.2) is 0 Å². The molecule has 0 fully saturated rings. The second-order valence-corrected chi connectivity index (χ2v) is 4.29. The Kier molecular flexibility index (Phi) is 4.25. The highest BCUT2D eigenvalue weighted by atomic mass is 16.4. The fourth-order valence-corrected chi connectivity index (χ4v) is 1.68. The van der Waals surface area contributed by atoms with Crippen molar-refractivity contribution >= 4 is 11.6 Å². The summed E-state index contributed by atoms with van der Waals surface area (Å²) in [5.74, 6) is 0.260. The second kappa shape index (κ2) is 6.10. The number of nitrogens with two attached hydrogens (primary N) is 1. The molecule has 0 saturated carbocycles. The van der Waals surface area contributed by atoms with E-state index in [0.29, 0.717) is 24.5 Å². The summed E-state index contributed by atoms with van der Waals surface area (Å²) in [5, 5.41) is 10.3. The van der Waals surface area contributed by atoms with Gasteiger partial charge < -0.3 is 15.5 Å². The number of nitrogens with one attached hydrogen (secondary N) is 1. The maximum Gasteiger partial charge on any atom is 0.247 e. The van der Waals surface area contributed by atoms with E-state index in [1.165, 1.54) is 6.39 Å². The molecule has 0 aliphatic rings. The zero-order valence-corrected chi connectivity index (χ0v) is 10.7. The third-order valence-corrected chi connectivity index (χ3v) is 2.78. The summed E-state index contributed by atoms with van der Waals surface area (Å²) in [6.45, 7) is 2.35. The van der Waals surface area contributed by atoms with E-state index in [1.54, 1.807) is 6.07 Å². The van der Waals surface area contributed by atoms with E-state index >= 15 is 0 Å². The SMILES string of the molecule is CC(CCN)C(=O)Nc1cccc(-c2nnco2)c1. The first-order valence-electron chi connectivity index (χ1n) is 6.08. The topological polar surface area (TPSA) is 94.0 Å². The molecular weight excluding hydrogens is 244 g/mol. The molecule has 0 aliphatic heterocycles. The zero-order valence-electron chi connectivity index (χ0n) is 10.7. The molecule has 100 valence electrons. The van der Waals surface area contributed by atoms with Crippen LogP contribution in [0.3, 0.4) is 0 Å². The predicted molar refractivity (Wildman–Crippen MR) is 71.2 cm³/mol. The normalized spacial score (nSPS) is 12.1. The number of amides is 1. The van der Waals surface area contributed by atoms with Gasteiger partial charge in [0.05, 0.1) is 0 Å². The van der Waals surface area contributed by atoms with Gasteiger partial charge in [0.2, 0.25) is 18.2 Å². The molecule has 1 atom stereocenters. The second-order valence-electron chi connectivity index (χ2n) is 4.29. The van der Waals surface area contributed by atoms with Gasteiger partial charge in [-0.05, 0) is 31.2 Å². The highest BCUT2D eigenvalue weighted by Crippen LogP contribution is 2.20. The van der Waals surface area contributed by atoms with Gasteiger partial charge in [0.1, 0.15) is 0 Å². The number of hydrogen-bond donors (Lipinski definition) is 2. The van der Waals surface area contributed by atoms with Crippen LogP contribution in [-0.4, -0.2) is 22.6 Å². The molecule has 1 heterocycles. The maximum absolute atomic E-state index is 11.9. The Morgan fingerprint density at radius 2 is 2.37 bits per heavy atom. The van der Waals surface area contributed by atoms with Crippen LogP contribution in [0.15, 0.2) is 35.1 Å². The minimum absolute atomic E-state index is 0.0480. The number of hydrogen-bond acceptors (Lipinski definition) is 5. The highest BCUT2D eigenvalue weighted by molar-refractivity contribution is 5.92. The third kappa shape index (κ3) is 3.38. The van der Waals surface area contributed by atoms with Crippen molar-refractivity contribution in [3.05, 3.63) is 30.7 Å². The molecule has 1 aromatic heterocycles. The number of carbonyl (C=O) groups excluding carboxylic acids is 1. The van der Waals surface area contributed by atoms with Crippen LogP contribution in [0.2, 0.25) is 0 Å². The molecule has 3 N–H and O–H groups in total. The van der Waals surface area contributed by atoms with Crippen molar-refractivity contribution in [2.45, 2.75) is 13.3 Å². The summed E-state index contributed by atoms with van der Waals surface area (Å²) in [7, 11) is 0. The number of benzene rings is 1. The molecule has 0 bridgehead atoms. The van der Waals surface area contributed by atoms with Gasteiger partial charge in [0, 0.05) is 17.2 Å². The molecule has 0 spiro atoms. The van der Waals surface area contributed by atoms with Crippen LogP contribution in [-0.2, 0) is 4.79 Å². The van der Waals surface area contributed by atoms with Gasteiger partial charge in [-0.15, -0.1) is 10.2 Å². The molecule has 1 amide bonds. The fourth-order valence-electron chi connectivity index (χ4n) is 1.68. The standard InChI is InChI=1S/C13H16N4O2/c1-9(5-6-14)12(18)16-11-4-2-3-10(7-11)13-17-15-8-19-13/h2-4,7-9H,5-6,14H2,1H3,(H,16,18). The first-order valence-corrected chi connectivity index (χ1v) is 6.08. The van der Waals surface area contributed by atoms with Gasteiger partial charge in [0.25, 0.3) is 0 Å². The Labute approximate surface area is 111 Å². The summed E-state index contributed by atoms with van der Waals surface area (Å²) >= 11 is 0.